The number of nitrogens with zero attached hydrogens (tertiary/aromatic N) is 6. The Morgan fingerprint density at radius 3 is 1.62 bits per heavy atom. The molecule has 6 heterocycles. The van der Waals surface area contributed by atoms with Crippen molar-refractivity contribution in [2.75, 3.05) is 36.0 Å². The molecule has 2 saturated carbocycles. The molecule has 4 aromatic heterocycles. The number of ether oxygens (including phenoxy) is 2. The van der Waals surface area contributed by atoms with Crippen molar-refractivity contribution in [1.82, 2.24) is 20.3 Å². The van der Waals surface area contributed by atoms with E-state index in [0.29, 0.717) is 88.0 Å². The fourth-order valence-corrected chi connectivity index (χ4v) is 11.4. The van der Waals surface area contributed by atoms with Crippen LogP contribution in [0.4, 0.5) is 11.5 Å². The average Bonchev–Trinajstić information content (AvgIpc) is 4.45. The van der Waals surface area contributed by atoms with Crippen molar-refractivity contribution in [2.24, 2.45) is 0 Å². The molecule has 78 heavy (non-hydrogen) atoms. The molecule has 4 aliphatic rings. The molecular weight excluding hydrogens is 1110 g/mol. The number of halogens is 5. The predicted molar refractivity (Wildman–Crippen MR) is 294 cm³/mol. The Hall–Kier alpha value is -6.89. The standard InChI is InChI=1S/C29H25Cl2N3O5.C28H22Cl3N3O5/c1-16-3-2-4-22(30)25(16)26-20(27(39-33-26)17-5-6-17)13-38-19-7-8-21(23(31)12-19)29(37)14-34(15-29)24-11-18(28(35)36)9-10-32-24;29-21-2-1-3-22(30)24(21)25-19(26(39-33-25)15-4-5-15)12-38-18-6-7-20(23(31)9-18)28(37)13-34(14-28)17-8-16(27(35)36)10-32-11-17/h2-4,7-12,17,37H,5-6,13-15H2,1H3,(H,35,36);1-3,6-11,15,37H,4-5,12-14H2,(H,35,36). The largest absolute Gasteiger partial charge is 0.489 e. The summed E-state index contributed by atoms with van der Waals surface area (Å²) < 4.78 is 23.7. The third kappa shape index (κ3) is 10.7. The molecule has 4 fully saturated rings. The zero-order valence-corrected chi connectivity index (χ0v) is 45.2. The molecule has 0 amide bonds. The number of aromatic nitrogens is 4. The molecule has 0 spiro atoms. The van der Waals surface area contributed by atoms with E-state index in [2.05, 4.69) is 20.3 Å². The van der Waals surface area contributed by atoms with Gasteiger partial charge in [-0.25, -0.2) is 14.6 Å². The van der Waals surface area contributed by atoms with E-state index in [-0.39, 0.29) is 50.5 Å². The SMILES string of the molecule is Cc1cccc(Cl)c1-c1noc(C2CC2)c1COc1ccc(C2(O)CN(c3cc(C(=O)O)ccn3)C2)c(Cl)c1.O=C(O)c1cncc(N2CC(O)(c3ccc(OCc4c(-c5c(Cl)cccc5Cl)noc4C4CC4)cc3Cl)C2)c1. The second kappa shape index (κ2) is 21.4. The van der Waals surface area contributed by atoms with Gasteiger partial charge in [-0.05, 0) is 98.8 Å². The summed E-state index contributed by atoms with van der Waals surface area (Å²) in [7, 11) is 0. The lowest BCUT2D eigenvalue weighted by Crippen LogP contribution is -2.60. The first-order valence-corrected chi connectivity index (χ1v) is 26.7. The molecule has 2 saturated heterocycles. The Morgan fingerprint density at radius 1 is 0.615 bits per heavy atom. The minimum absolute atomic E-state index is 0.0834. The van der Waals surface area contributed by atoms with Gasteiger partial charge in [0.2, 0.25) is 0 Å². The summed E-state index contributed by atoms with van der Waals surface area (Å²) in [5.74, 6) is 1.68. The maximum absolute atomic E-state index is 11.3. The highest BCUT2D eigenvalue weighted by Gasteiger charge is 2.46. The van der Waals surface area contributed by atoms with E-state index in [1.807, 2.05) is 30.0 Å². The number of aromatic carboxylic acids is 2. The third-order valence-corrected chi connectivity index (χ3v) is 15.9. The number of pyridine rings is 2. The van der Waals surface area contributed by atoms with Gasteiger partial charge in [-0.1, -0.05) is 98.6 Å². The van der Waals surface area contributed by atoms with E-state index in [0.717, 1.165) is 59.5 Å². The van der Waals surface area contributed by atoms with Gasteiger partial charge in [0.25, 0.3) is 0 Å². The van der Waals surface area contributed by atoms with Crippen molar-refractivity contribution in [3.05, 3.63) is 185 Å². The van der Waals surface area contributed by atoms with E-state index in [9.17, 15) is 30.0 Å². The van der Waals surface area contributed by atoms with E-state index < -0.39 is 23.1 Å². The molecule has 2 aliphatic heterocycles. The fourth-order valence-electron chi connectivity index (χ4n) is 9.84. The normalized spacial score (nSPS) is 16.2. The highest BCUT2D eigenvalue weighted by molar-refractivity contribution is 6.39. The number of hydrogen-bond donors (Lipinski definition) is 4. The Balaban J connectivity index is 0.000000165. The number of hydrogen-bond acceptors (Lipinski definition) is 14. The topological polar surface area (TPSA) is 218 Å². The van der Waals surface area contributed by atoms with E-state index in [1.54, 1.807) is 65.7 Å². The van der Waals surface area contributed by atoms with Gasteiger partial charge < -0.3 is 48.7 Å². The lowest BCUT2D eigenvalue weighted by atomic mass is 9.85. The zero-order chi connectivity index (χ0) is 54.6. The van der Waals surface area contributed by atoms with Gasteiger partial charge in [-0.15, -0.1) is 0 Å². The molecule has 4 N–H and O–H groups in total. The summed E-state index contributed by atoms with van der Waals surface area (Å²) in [5.41, 5.74) is 4.91. The van der Waals surface area contributed by atoms with Gasteiger partial charge in [-0.2, -0.15) is 0 Å². The molecule has 8 aromatic rings. The molecule has 0 unspecified atom stereocenters. The van der Waals surface area contributed by atoms with Crippen LogP contribution in [0.2, 0.25) is 25.1 Å². The number of carbonyl (C=O) groups is 2. The van der Waals surface area contributed by atoms with Gasteiger partial charge in [0, 0.05) is 46.5 Å². The van der Waals surface area contributed by atoms with E-state index >= 15 is 0 Å². The molecule has 0 bridgehead atoms. The molecule has 12 rings (SSSR count). The summed E-state index contributed by atoms with van der Waals surface area (Å²) >= 11 is 32.6. The van der Waals surface area contributed by atoms with Gasteiger partial charge in [0.15, 0.2) is 0 Å². The highest BCUT2D eigenvalue weighted by Crippen LogP contribution is 2.48. The van der Waals surface area contributed by atoms with Gasteiger partial charge in [0.1, 0.15) is 64.6 Å². The molecule has 0 radical (unpaired) electrons. The zero-order valence-electron chi connectivity index (χ0n) is 41.4. The number of rotatable bonds is 16. The Kier molecular flexibility index (Phi) is 14.6. The molecule has 2 aliphatic carbocycles. The van der Waals surface area contributed by atoms with Crippen LogP contribution in [0.3, 0.4) is 0 Å². The van der Waals surface area contributed by atoms with E-state index in [4.69, 9.17) is 76.5 Å². The quantitative estimate of drug-likeness (QED) is 0.0707. The maximum atomic E-state index is 11.3. The highest BCUT2D eigenvalue weighted by atomic mass is 35.5. The second-order valence-electron chi connectivity index (χ2n) is 19.9. The predicted octanol–water partition coefficient (Wildman–Crippen LogP) is 12.8. The van der Waals surface area contributed by atoms with Crippen molar-refractivity contribution in [1.29, 1.82) is 0 Å². The minimum atomic E-state index is -1.20. The average molecular weight is 1150 g/mol. The van der Waals surface area contributed by atoms with Crippen LogP contribution in [0.1, 0.15) is 97.6 Å². The van der Waals surface area contributed by atoms with Crippen molar-refractivity contribution in [2.45, 2.75) is 68.9 Å². The van der Waals surface area contributed by atoms with Crippen LogP contribution in [0.15, 0.2) is 119 Å². The van der Waals surface area contributed by atoms with Gasteiger partial charge in [0.05, 0.1) is 85.4 Å². The number of carboxylic acid groups (broad SMARTS) is 2. The summed E-state index contributed by atoms with van der Waals surface area (Å²) in [6, 6.07) is 25.8. The van der Waals surface area contributed by atoms with Crippen molar-refractivity contribution >= 4 is 81.4 Å². The van der Waals surface area contributed by atoms with Crippen molar-refractivity contribution in [3.8, 4) is 34.0 Å². The van der Waals surface area contributed by atoms with Gasteiger partial charge >= 0.3 is 11.9 Å². The molecule has 4 aromatic carbocycles. The number of anilines is 2. The van der Waals surface area contributed by atoms with Crippen LogP contribution in [-0.4, -0.2) is 78.8 Å². The number of carboxylic acids is 2. The Labute approximate surface area is 471 Å². The smallest absolute Gasteiger partial charge is 0.337 e. The fraction of sp³-hybridized carbons (Fsp3) is 0.263. The van der Waals surface area contributed by atoms with Crippen LogP contribution in [0.25, 0.3) is 22.5 Å². The summed E-state index contributed by atoms with van der Waals surface area (Å²) in [4.78, 5) is 34.4. The summed E-state index contributed by atoms with van der Waals surface area (Å²) in [6.45, 7) is 3.34. The molecule has 16 nitrogen and oxygen atoms in total. The summed E-state index contributed by atoms with van der Waals surface area (Å²) in [6.07, 6.45) is 8.43. The monoisotopic (exact) mass is 1150 g/mol. The van der Waals surface area contributed by atoms with Crippen LogP contribution >= 0.6 is 58.0 Å². The Bertz CT molecular complexity index is 3350. The van der Waals surface area contributed by atoms with Crippen LogP contribution in [0.5, 0.6) is 11.5 Å². The molecule has 400 valence electrons. The lowest BCUT2D eigenvalue weighted by molar-refractivity contribution is 0.00689. The lowest BCUT2D eigenvalue weighted by Gasteiger charge is -2.48. The number of aryl methyl sites for hydroxylation is 1. The first-order chi connectivity index (χ1) is 37.5. The molecule has 0 atom stereocenters. The minimum Gasteiger partial charge on any atom is -0.489 e. The van der Waals surface area contributed by atoms with Crippen LogP contribution < -0.4 is 19.3 Å². The van der Waals surface area contributed by atoms with E-state index in [1.165, 1.54) is 30.6 Å². The Morgan fingerprint density at radius 2 is 1.12 bits per heavy atom. The summed E-state index contributed by atoms with van der Waals surface area (Å²) in [5, 5.41) is 51.8. The first-order valence-electron chi connectivity index (χ1n) is 24.8. The van der Waals surface area contributed by atoms with Crippen molar-refractivity contribution in [3.63, 3.8) is 0 Å². The van der Waals surface area contributed by atoms with Crippen LogP contribution in [-0.2, 0) is 24.4 Å². The van der Waals surface area contributed by atoms with Gasteiger partial charge in [-0.3, -0.25) is 4.98 Å². The maximum Gasteiger partial charge on any atom is 0.337 e. The van der Waals surface area contributed by atoms with Crippen molar-refractivity contribution < 1.29 is 48.5 Å². The molecular formula is C57H47Cl5N6O10. The first kappa shape index (κ1) is 53.1. The van der Waals surface area contributed by atoms with Crippen LogP contribution in [0, 0.1) is 6.92 Å². The number of aliphatic hydroxyl groups is 2. The number of β-amino-alcohol motifs (C(OH)–C–C–N with tert-alkyl or cyclic N) is 2. The third-order valence-electron chi connectivity index (χ3n) is 14.3. The number of benzene rings is 4. The second-order valence-corrected chi connectivity index (χ2v) is 21.9. The molecule has 21 heteroatoms.